The van der Waals surface area contributed by atoms with E-state index >= 15 is 0 Å². The topological polar surface area (TPSA) is 73.5 Å². The van der Waals surface area contributed by atoms with Crippen LogP contribution in [0, 0.1) is 17.2 Å². The Kier molecular flexibility index (Phi) is 9.15. The van der Waals surface area contributed by atoms with E-state index in [0.29, 0.717) is 25.4 Å². The number of nitrogens with one attached hydrogen (secondary N) is 3. The van der Waals surface area contributed by atoms with Crippen molar-refractivity contribution in [2.45, 2.75) is 96.3 Å². The molecule has 1 aliphatic carbocycles. The lowest BCUT2D eigenvalue weighted by molar-refractivity contribution is -0.141. The van der Waals surface area contributed by atoms with Crippen molar-refractivity contribution in [1.29, 1.82) is 0 Å². The van der Waals surface area contributed by atoms with Gasteiger partial charge in [0.25, 0.3) is 0 Å². The number of fused-ring (bicyclic) bond motifs is 1. The Balaban J connectivity index is 1.29. The molecule has 2 aromatic rings. The summed E-state index contributed by atoms with van der Waals surface area (Å²) in [4.78, 5) is 29.7. The predicted molar refractivity (Wildman–Crippen MR) is 161 cm³/mol. The second-order valence-electron chi connectivity index (χ2n) is 13.5. The van der Waals surface area contributed by atoms with Crippen LogP contribution in [0.3, 0.4) is 0 Å². The molecule has 0 bridgehead atoms. The first-order valence-electron chi connectivity index (χ1n) is 15.5. The molecule has 3 N–H and O–H groups in total. The Morgan fingerprint density at radius 2 is 1.66 bits per heavy atom. The highest BCUT2D eigenvalue weighted by atomic mass is 19.1. The highest BCUT2D eigenvalue weighted by molar-refractivity contribution is 5.84. The first-order chi connectivity index (χ1) is 19.6. The normalized spacial score (nSPS) is 22.4. The summed E-state index contributed by atoms with van der Waals surface area (Å²) < 4.78 is 13.8. The van der Waals surface area contributed by atoms with Crippen molar-refractivity contribution in [1.82, 2.24) is 20.9 Å². The van der Waals surface area contributed by atoms with Gasteiger partial charge in [0.1, 0.15) is 5.82 Å². The molecule has 222 valence electrons. The molecule has 7 heteroatoms. The van der Waals surface area contributed by atoms with Crippen molar-refractivity contribution in [3.63, 3.8) is 0 Å². The molecule has 1 unspecified atom stereocenters. The maximum absolute atomic E-state index is 13.8. The van der Waals surface area contributed by atoms with E-state index in [0.717, 1.165) is 44.3 Å². The number of hydrogen-bond donors (Lipinski definition) is 3. The number of hydrogen-bond acceptors (Lipinski definition) is 4. The minimum atomic E-state index is -0.335. The molecule has 3 aliphatic rings. The lowest BCUT2D eigenvalue weighted by atomic mass is 9.63. The molecule has 5 rings (SSSR count). The Hall–Kier alpha value is -2.77. The first kappa shape index (κ1) is 29.7. The van der Waals surface area contributed by atoms with Crippen LogP contribution < -0.4 is 16.0 Å². The van der Waals surface area contributed by atoms with Gasteiger partial charge in [0, 0.05) is 18.6 Å². The minimum absolute atomic E-state index is 0.0352. The number of benzene rings is 2. The summed E-state index contributed by atoms with van der Waals surface area (Å²) in [5.41, 5.74) is 2.73. The fourth-order valence-corrected chi connectivity index (χ4v) is 7.18. The van der Waals surface area contributed by atoms with Crippen LogP contribution in [0.5, 0.6) is 0 Å². The molecule has 2 aliphatic heterocycles. The number of carbonyl (C=O) groups excluding carboxylic acids is 2. The van der Waals surface area contributed by atoms with E-state index in [9.17, 15) is 14.0 Å². The Labute approximate surface area is 244 Å². The fraction of sp³-hybridized carbons (Fsp3) is 0.588. The zero-order chi connectivity index (χ0) is 29.0. The van der Waals surface area contributed by atoms with E-state index in [4.69, 9.17) is 0 Å². The van der Waals surface area contributed by atoms with Gasteiger partial charge in [-0.2, -0.15) is 0 Å². The molecule has 1 saturated carbocycles. The monoisotopic (exact) mass is 562 g/mol. The first-order valence-corrected chi connectivity index (χ1v) is 15.5. The van der Waals surface area contributed by atoms with Crippen LogP contribution in [-0.4, -0.2) is 47.9 Å². The van der Waals surface area contributed by atoms with Gasteiger partial charge in [0.05, 0.1) is 17.5 Å². The zero-order valence-corrected chi connectivity index (χ0v) is 25.0. The number of carbonyl (C=O) groups is 2. The Morgan fingerprint density at radius 3 is 2.32 bits per heavy atom. The van der Waals surface area contributed by atoms with Gasteiger partial charge in [-0.15, -0.1) is 0 Å². The molecule has 2 heterocycles. The minimum Gasteiger partial charge on any atom is -0.351 e. The predicted octanol–water partition coefficient (Wildman–Crippen LogP) is 5.27. The van der Waals surface area contributed by atoms with Gasteiger partial charge in [0.15, 0.2) is 0 Å². The average molecular weight is 563 g/mol. The van der Waals surface area contributed by atoms with Gasteiger partial charge in [-0.3, -0.25) is 9.59 Å². The highest BCUT2D eigenvalue weighted by Crippen LogP contribution is 2.46. The summed E-state index contributed by atoms with van der Waals surface area (Å²) in [6.07, 6.45) is 8.23. The summed E-state index contributed by atoms with van der Waals surface area (Å²) in [7, 11) is 0. The van der Waals surface area contributed by atoms with Crippen LogP contribution in [0.25, 0.3) is 0 Å². The van der Waals surface area contributed by atoms with E-state index in [1.807, 2.05) is 12.1 Å². The van der Waals surface area contributed by atoms with Gasteiger partial charge in [-0.25, -0.2) is 4.39 Å². The van der Waals surface area contributed by atoms with Gasteiger partial charge in [0.2, 0.25) is 11.8 Å². The van der Waals surface area contributed by atoms with E-state index in [2.05, 4.69) is 53.8 Å². The van der Waals surface area contributed by atoms with Crippen molar-refractivity contribution < 1.29 is 14.0 Å². The SMILES string of the molecule is CC(C)(C)NC(=O)C1(C2CCCCC2)CCN(CC(NC(=O)[C@H]2Cc3ccccc3CN2)c2ccc(F)cc2)CC1. The molecule has 41 heavy (non-hydrogen) atoms. The van der Waals surface area contributed by atoms with Gasteiger partial charge in [-0.1, -0.05) is 55.7 Å². The third kappa shape index (κ3) is 7.18. The largest absolute Gasteiger partial charge is 0.351 e. The lowest BCUT2D eigenvalue weighted by Crippen LogP contribution is -2.57. The highest BCUT2D eigenvalue weighted by Gasteiger charge is 2.48. The molecular weight excluding hydrogens is 515 g/mol. The molecule has 2 aromatic carbocycles. The third-order valence-electron chi connectivity index (χ3n) is 9.50. The number of amides is 2. The smallest absolute Gasteiger partial charge is 0.238 e. The van der Waals surface area contributed by atoms with Crippen LogP contribution in [-0.2, 0) is 22.6 Å². The van der Waals surface area contributed by atoms with E-state index in [1.54, 1.807) is 12.1 Å². The number of piperidine rings is 1. The zero-order valence-electron chi connectivity index (χ0n) is 25.0. The molecule has 2 fully saturated rings. The number of likely N-dealkylation sites (tertiary alicyclic amines) is 1. The van der Waals surface area contributed by atoms with Crippen molar-refractivity contribution in [2.24, 2.45) is 11.3 Å². The fourth-order valence-electron chi connectivity index (χ4n) is 7.18. The summed E-state index contributed by atoms with van der Waals surface area (Å²) >= 11 is 0. The van der Waals surface area contributed by atoms with Gasteiger partial charge in [-0.05, 0) is 101 Å². The van der Waals surface area contributed by atoms with Crippen molar-refractivity contribution in [2.75, 3.05) is 19.6 Å². The van der Waals surface area contributed by atoms with Crippen molar-refractivity contribution in [3.05, 3.63) is 71.0 Å². The van der Waals surface area contributed by atoms with Crippen LogP contribution in [0.1, 0.15) is 88.4 Å². The van der Waals surface area contributed by atoms with Crippen LogP contribution in [0.4, 0.5) is 4.39 Å². The molecule has 0 spiro atoms. The second kappa shape index (κ2) is 12.6. The number of halogens is 1. The molecule has 0 aromatic heterocycles. The Bertz CT molecular complexity index is 1190. The molecule has 2 amide bonds. The number of nitrogens with zero attached hydrogens (tertiary/aromatic N) is 1. The van der Waals surface area contributed by atoms with E-state index in [-0.39, 0.29) is 40.7 Å². The Morgan fingerprint density at radius 1 is 1.00 bits per heavy atom. The van der Waals surface area contributed by atoms with Crippen molar-refractivity contribution >= 4 is 11.8 Å². The van der Waals surface area contributed by atoms with E-state index < -0.39 is 0 Å². The molecule has 6 nitrogen and oxygen atoms in total. The summed E-state index contributed by atoms with van der Waals surface area (Å²) in [6, 6.07) is 14.1. The van der Waals surface area contributed by atoms with Gasteiger partial charge < -0.3 is 20.9 Å². The third-order valence-corrected chi connectivity index (χ3v) is 9.50. The second-order valence-corrected chi connectivity index (χ2v) is 13.5. The standard InChI is InChI=1S/C34H47FN4O2/c1-33(2,3)38-32(41)34(27-11-5-4-6-12-27)17-19-39(20-18-34)23-30(24-13-15-28(35)16-14-24)37-31(40)29-21-25-9-7-8-10-26(25)22-36-29/h7-10,13-16,27,29-30,36H,4-6,11-12,17-23H2,1-3H3,(H,37,40)(H,38,41)/t29-,30?/m1/s1. The maximum atomic E-state index is 13.8. The summed E-state index contributed by atoms with van der Waals surface area (Å²) in [5, 5.41) is 10.0. The van der Waals surface area contributed by atoms with Crippen molar-refractivity contribution in [3.8, 4) is 0 Å². The van der Waals surface area contributed by atoms with Gasteiger partial charge >= 0.3 is 0 Å². The van der Waals surface area contributed by atoms with Crippen LogP contribution in [0.15, 0.2) is 48.5 Å². The van der Waals surface area contributed by atoms with Crippen LogP contribution in [0.2, 0.25) is 0 Å². The summed E-state index contributed by atoms with van der Waals surface area (Å²) in [6.45, 7) is 9.08. The molecule has 2 atom stereocenters. The lowest BCUT2D eigenvalue weighted by Gasteiger charge is -2.48. The van der Waals surface area contributed by atoms with Crippen LogP contribution >= 0.6 is 0 Å². The summed E-state index contributed by atoms with van der Waals surface area (Å²) in [5.74, 6) is 0.314. The average Bonchev–Trinajstić information content (AvgIpc) is 2.97. The molecule has 0 radical (unpaired) electrons. The number of rotatable bonds is 7. The van der Waals surface area contributed by atoms with E-state index in [1.165, 1.54) is 42.5 Å². The maximum Gasteiger partial charge on any atom is 0.238 e. The molecule has 1 saturated heterocycles. The quantitative estimate of drug-likeness (QED) is 0.430. The molecular formula is C34H47FN4O2.